The molecule has 0 bridgehead atoms. The molecule has 2 rings (SSSR count). The quantitative estimate of drug-likeness (QED) is 0.264. The van der Waals surface area contributed by atoms with Gasteiger partial charge in [-0.3, -0.25) is 4.48 Å². The normalized spacial score (nSPS) is 27.7. The molecule has 0 unspecified atom stereocenters. The lowest BCUT2D eigenvalue weighted by molar-refractivity contribution is -0.913. The lowest BCUT2D eigenvalue weighted by Crippen LogP contribution is -2.57. The van der Waals surface area contributed by atoms with Crippen LogP contribution in [-0.4, -0.2) is 49.4 Å². The summed E-state index contributed by atoms with van der Waals surface area (Å²) in [6.07, 6.45) is 0. The highest BCUT2D eigenvalue weighted by atomic mass is 16.6. The fraction of sp³-hybridized carbons (Fsp3) is 0.714. The fourth-order valence-corrected chi connectivity index (χ4v) is 1.63. The third-order valence-corrected chi connectivity index (χ3v) is 2.23. The SMILES string of the molecule is O=C1C[N+]2(CCOC2)CC(=O)O1. The Morgan fingerprint density at radius 3 is 2.33 bits per heavy atom. The van der Waals surface area contributed by atoms with Crippen LogP contribution in [0.15, 0.2) is 0 Å². The van der Waals surface area contributed by atoms with Gasteiger partial charge in [0.15, 0.2) is 19.8 Å². The zero-order valence-electron chi connectivity index (χ0n) is 6.62. The number of hydrogen-bond donors (Lipinski definition) is 0. The molecule has 0 atom stereocenters. The van der Waals surface area contributed by atoms with Crippen LogP contribution in [0.4, 0.5) is 0 Å². The highest BCUT2D eigenvalue weighted by molar-refractivity contribution is 5.88. The van der Waals surface area contributed by atoms with Gasteiger partial charge in [0, 0.05) is 0 Å². The van der Waals surface area contributed by atoms with E-state index < -0.39 is 11.9 Å². The molecule has 0 aliphatic carbocycles. The molecule has 2 aliphatic rings. The Hall–Kier alpha value is -0.940. The Morgan fingerprint density at radius 1 is 1.17 bits per heavy atom. The van der Waals surface area contributed by atoms with Crippen molar-refractivity contribution in [2.24, 2.45) is 0 Å². The molecule has 5 nitrogen and oxygen atoms in total. The van der Waals surface area contributed by atoms with Crippen molar-refractivity contribution in [3.63, 3.8) is 0 Å². The second-order valence-corrected chi connectivity index (χ2v) is 3.26. The van der Waals surface area contributed by atoms with Crippen LogP contribution in [-0.2, 0) is 19.1 Å². The number of rotatable bonds is 0. The Balaban J connectivity index is 2.14. The van der Waals surface area contributed by atoms with E-state index in [1.54, 1.807) is 0 Å². The molecule has 2 aliphatic heterocycles. The van der Waals surface area contributed by atoms with Gasteiger partial charge in [0.1, 0.15) is 13.2 Å². The molecule has 0 N–H and O–H groups in total. The standard InChI is InChI=1S/C7H10NO4/c9-6-3-8(1-2-11-5-8)4-7(10)12-6/h1-5H2/q+1. The number of quaternary nitrogens is 1. The second kappa shape index (κ2) is 2.53. The summed E-state index contributed by atoms with van der Waals surface area (Å²) in [7, 11) is 0. The Morgan fingerprint density at radius 2 is 1.83 bits per heavy atom. The van der Waals surface area contributed by atoms with Crippen LogP contribution in [0, 0.1) is 0 Å². The Kier molecular flexibility index (Phi) is 1.62. The molecular formula is C7H10NO4+. The third-order valence-electron chi connectivity index (χ3n) is 2.23. The number of nitrogens with zero attached hydrogens (tertiary/aromatic N) is 1. The first-order chi connectivity index (χ1) is 5.70. The predicted molar refractivity (Wildman–Crippen MR) is 36.8 cm³/mol. The molecular weight excluding hydrogens is 162 g/mol. The summed E-state index contributed by atoms with van der Waals surface area (Å²) in [4.78, 5) is 21.8. The van der Waals surface area contributed by atoms with Crippen molar-refractivity contribution in [2.45, 2.75) is 0 Å². The van der Waals surface area contributed by atoms with Gasteiger partial charge in [0.05, 0.1) is 0 Å². The number of morpholine rings is 1. The fourth-order valence-electron chi connectivity index (χ4n) is 1.63. The van der Waals surface area contributed by atoms with Crippen LogP contribution in [0.3, 0.4) is 0 Å². The van der Waals surface area contributed by atoms with Gasteiger partial charge in [-0.15, -0.1) is 0 Å². The van der Waals surface area contributed by atoms with Crippen molar-refractivity contribution in [3.05, 3.63) is 0 Å². The average Bonchev–Trinajstić information content (AvgIpc) is 2.33. The van der Waals surface area contributed by atoms with Crippen LogP contribution in [0.5, 0.6) is 0 Å². The topological polar surface area (TPSA) is 52.6 Å². The summed E-state index contributed by atoms with van der Waals surface area (Å²) in [6, 6.07) is 0. The van der Waals surface area contributed by atoms with Crippen LogP contribution >= 0.6 is 0 Å². The summed E-state index contributed by atoms with van der Waals surface area (Å²) in [5.41, 5.74) is 0. The van der Waals surface area contributed by atoms with Gasteiger partial charge >= 0.3 is 11.9 Å². The van der Waals surface area contributed by atoms with Crippen molar-refractivity contribution >= 4 is 11.9 Å². The monoisotopic (exact) mass is 172 g/mol. The van der Waals surface area contributed by atoms with Gasteiger partial charge in [-0.1, -0.05) is 0 Å². The summed E-state index contributed by atoms with van der Waals surface area (Å²) < 4.78 is 10.00. The molecule has 0 aromatic heterocycles. The van der Waals surface area contributed by atoms with Gasteiger partial charge in [-0.2, -0.15) is 0 Å². The van der Waals surface area contributed by atoms with Crippen molar-refractivity contribution in [1.29, 1.82) is 0 Å². The highest BCUT2D eigenvalue weighted by Gasteiger charge is 2.43. The maximum atomic E-state index is 10.9. The van der Waals surface area contributed by atoms with Gasteiger partial charge < -0.3 is 9.47 Å². The Bertz CT molecular complexity index is 214. The van der Waals surface area contributed by atoms with Crippen LogP contribution in [0.1, 0.15) is 0 Å². The predicted octanol–water partition coefficient (Wildman–Crippen LogP) is -1.13. The maximum absolute atomic E-state index is 10.9. The van der Waals surface area contributed by atoms with Crippen molar-refractivity contribution in [3.8, 4) is 0 Å². The summed E-state index contributed by atoms with van der Waals surface area (Å²) in [6.45, 7) is 2.36. The summed E-state index contributed by atoms with van der Waals surface area (Å²) in [5, 5.41) is 0. The molecule has 12 heavy (non-hydrogen) atoms. The van der Waals surface area contributed by atoms with Crippen LogP contribution in [0.25, 0.3) is 0 Å². The zero-order chi connectivity index (χ0) is 8.60. The minimum absolute atomic E-state index is 0.270. The first kappa shape index (κ1) is 7.70. The number of carbonyl (C=O) groups excluding carboxylic acids is 2. The maximum Gasteiger partial charge on any atom is 0.369 e. The van der Waals surface area contributed by atoms with Gasteiger partial charge in [0.2, 0.25) is 0 Å². The molecule has 1 spiro atoms. The molecule has 0 aromatic carbocycles. The molecule has 5 heteroatoms. The van der Waals surface area contributed by atoms with E-state index in [1.807, 2.05) is 0 Å². The van der Waals surface area contributed by atoms with Gasteiger partial charge in [0.25, 0.3) is 0 Å². The average molecular weight is 172 g/mol. The summed E-state index contributed by atoms with van der Waals surface area (Å²) in [5.74, 6) is -0.867. The van der Waals surface area contributed by atoms with E-state index in [9.17, 15) is 9.59 Å². The smallest absolute Gasteiger partial charge is 0.369 e. The van der Waals surface area contributed by atoms with E-state index in [4.69, 9.17) is 4.74 Å². The van der Waals surface area contributed by atoms with E-state index >= 15 is 0 Å². The number of cyclic esters (lactones) is 2. The Labute approximate surface area is 69.4 Å². The van der Waals surface area contributed by atoms with Gasteiger partial charge in [-0.05, 0) is 0 Å². The first-order valence-corrected chi connectivity index (χ1v) is 3.87. The third kappa shape index (κ3) is 1.21. The molecule has 0 saturated carbocycles. The molecule has 2 saturated heterocycles. The second-order valence-electron chi connectivity index (χ2n) is 3.26. The van der Waals surface area contributed by atoms with E-state index in [-0.39, 0.29) is 13.1 Å². The molecule has 0 radical (unpaired) electrons. The van der Waals surface area contributed by atoms with Crippen molar-refractivity contribution < 1.29 is 23.5 Å². The number of carbonyl (C=O) groups is 2. The van der Waals surface area contributed by atoms with Crippen LogP contribution in [0.2, 0.25) is 0 Å². The molecule has 2 heterocycles. The zero-order valence-corrected chi connectivity index (χ0v) is 6.62. The lowest BCUT2D eigenvalue weighted by atomic mass is 10.3. The highest BCUT2D eigenvalue weighted by Crippen LogP contribution is 2.17. The number of ether oxygens (including phenoxy) is 2. The van der Waals surface area contributed by atoms with E-state index in [0.717, 1.165) is 6.54 Å². The summed E-state index contributed by atoms with van der Waals surface area (Å²) >= 11 is 0. The minimum atomic E-state index is -0.434. The van der Waals surface area contributed by atoms with E-state index in [1.165, 1.54) is 0 Å². The molecule has 0 aromatic rings. The number of esters is 2. The van der Waals surface area contributed by atoms with E-state index in [2.05, 4.69) is 4.74 Å². The van der Waals surface area contributed by atoms with Crippen molar-refractivity contribution in [2.75, 3.05) is 33.0 Å². The molecule has 2 fully saturated rings. The molecule has 0 amide bonds. The van der Waals surface area contributed by atoms with Crippen LogP contribution < -0.4 is 0 Å². The molecule has 66 valence electrons. The van der Waals surface area contributed by atoms with Gasteiger partial charge in [-0.25, -0.2) is 9.59 Å². The van der Waals surface area contributed by atoms with Crippen molar-refractivity contribution in [1.82, 2.24) is 0 Å². The first-order valence-electron chi connectivity index (χ1n) is 3.87. The number of hydrogen-bond acceptors (Lipinski definition) is 4. The minimum Gasteiger partial charge on any atom is -0.385 e. The van der Waals surface area contributed by atoms with E-state index in [0.29, 0.717) is 17.8 Å². The lowest BCUT2D eigenvalue weighted by Gasteiger charge is -2.32. The largest absolute Gasteiger partial charge is 0.385 e.